The fraction of sp³-hybridized carbons (Fsp3) is 0.250. The molecule has 0 spiro atoms. The predicted octanol–water partition coefficient (Wildman–Crippen LogP) is 2.71. The lowest BCUT2D eigenvalue weighted by molar-refractivity contribution is -0.121. The fourth-order valence-corrected chi connectivity index (χ4v) is 2.91. The molecule has 0 aromatic heterocycles. The maximum Gasteiger partial charge on any atom is 0.265 e. The molecule has 0 unspecified atom stereocenters. The van der Waals surface area contributed by atoms with Crippen molar-refractivity contribution >= 4 is 34.8 Å². The van der Waals surface area contributed by atoms with Crippen LogP contribution in [0.2, 0.25) is 0 Å². The minimum atomic E-state index is -0.196. The van der Waals surface area contributed by atoms with Crippen molar-refractivity contribution in [1.82, 2.24) is 0 Å². The Kier molecular flexibility index (Phi) is 5.40. The summed E-state index contributed by atoms with van der Waals surface area (Å²) in [6.07, 6.45) is 0.159. The first-order chi connectivity index (χ1) is 12.9. The van der Waals surface area contributed by atoms with Gasteiger partial charge in [-0.3, -0.25) is 14.4 Å². The van der Waals surface area contributed by atoms with E-state index in [4.69, 9.17) is 4.74 Å². The number of carbonyl (C=O) groups excluding carboxylic acids is 3. The van der Waals surface area contributed by atoms with Crippen LogP contribution in [-0.4, -0.2) is 30.9 Å². The molecule has 140 valence electrons. The van der Waals surface area contributed by atoms with Gasteiger partial charge < -0.3 is 20.3 Å². The Balaban J connectivity index is 1.61. The van der Waals surface area contributed by atoms with Crippen molar-refractivity contribution in [2.75, 3.05) is 28.7 Å². The standard InChI is InChI=1S/C20H21N3O4/c1-13-11-15(7-8-16(13)21-14(2)24)22-19(25)9-10-23-17-5-3-4-6-18(17)27-12-20(23)26/h3-8,11H,9-10,12H2,1-2H3,(H,21,24)(H,22,25). The van der Waals surface area contributed by atoms with Gasteiger partial charge in [0, 0.05) is 31.3 Å². The van der Waals surface area contributed by atoms with Gasteiger partial charge in [-0.1, -0.05) is 12.1 Å². The van der Waals surface area contributed by atoms with Crippen molar-refractivity contribution in [1.29, 1.82) is 0 Å². The number of para-hydroxylation sites is 2. The van der Waals surface area contributed by atoms with E-state index < -0.39 is 0 Å². The SMILES string of the molecule is CC(=O)Nc1ccc(NC(=O)CCN2C(=O)COc3ccccc32)cc1C. The number of anilines is 3. The van der Waals surface area contributed by atoms with Crippen LogP contribution in [0.4, 0.5) is 17.1 Å². The minimum Gasteiger partial charge on any atom is -0.482 e. The number of amides is 3. The number of hydrogen-bond donors (Lipinski definition) is 2. The Morgan fingerprint density at radius 3 is 2.67 bits per heavy atom. The number of fused-ring (bicyclic) bond motifs is 1. The zero-order valence-corrected chi connectivity index (χ0v) is 15.2. The summed E-state index contributed by atoms with van der Waals surface area (Å²) < 4.78 is 5.40. The second-order valence-electron chi connectivity index (χ2n) is 6.31. The highest BCUT2D eigenvalue weighted by atomic mass is 16.5. The number of benzene rings is 2. The Morgan fingerprint density at radius 2 is 1.93 bits per heavy atom. The predicted molar refractivity (Wildman–Crippen MR) is 103 cm³/mol. The largest absolute Gasteiger partial charge is 0.482 e. The number of nitrogens with one attached hydrogen (secondary N) is 2. The highest BCUT2D eigenvalue weighted by molar-refractivity contribution is 5.99. The van der Waals surface area contributed by atoms with E-state index in [9.17, 15) is 14.4 Å². The fourth-order valence-electron chi connectivity index (χ4n) is 2.91. The van der Waals surface area contributed by atoms with E-state index in [-0.39, 0.29) is 37.3 Å². The van der Waals surface area contributed by atoms with Crippen LogP contribution in [-0.2, 0) is 14.4 Å². The van der Waals surface area contributed by atoms with E-state index in [1.54, 1.807) is 35.2 Å². The van der Waals surface area contributed by atoms with Gasteiger partial charge in [0.1, 0.15) is 5.75 Å². The highest BCUT2D eigenvalue weighted by Gasteiger charge is 2.25. The third-order valence-electron chi connectivity index (χ3n) is 4.19. The lowest BCUT2D eigenvalue weighted by Crippen LogP contribution is -2.40. The number of nitrogens with zero attached hydrogens (tertiary/aromatic N) is 1. The van der Waals surface area contributed by atoms with Crippen LogP contribution in [0.5, 0.6) is 5.75 Å². The molecule has 7 nitrogen and oxygen atoms in total. The summed E-state index contributed by atoms with van der Waals surface area (Å²) in [5.41, 5.74) is 2.87. The number of ether oxygens (including phenoxy) is 1. The van der Waals surface area contributed by atoms with Crippen molar-refractivity contribution in [2.24, 2.45) is 0 Å². The summed E-state index contributed by atoms with van der Waals surface area (Å²) in [4.78, 5) is 37.2. The van der Waals surface area contributed by atoms with Crippen LogP contribution in [0.15, 0.2) is 42.5 Å². The number of carbonyl (C=O) groups is 3. The second kappa shape index (κ2) is 7.90. The molecule has 7 heteroatoms. The average molecular weight is 367 g/mol. The molecule has 0 saturated carbocycles. The second-order valence-corrected chi connectivity index (χ2v) is 6.31. The zero-order chi connectivity index (χ0) is 19.4. The molecule has 1 aliphatic heterocycles. The Bertz CT molecular complexity index is 895. The van der Waals surface area contributed by atoms with Gasteiger partial charge in [0.05, 0.1) is 5.69 Å². The molecule has 1 heterocycles. The first-order valence-electron chi connectivity index (χ1n) is 8.64. The topological polar surface area (TPSA) is 87.7 Å². The Hall–Kier alpha value is -3.35. The molecule has 1 aliphatic rings. The van der Waals surface area contributed by atoms with Crippen molar-refractivity contribution in [3.8, 4) is 5.75 Å². The van der Waals surface area contributed by atoms with Gasteiger partial charge in [0.2, 0.25) is 11.8 Å². The van der Waals surface area contributed by atoms with E-state index in [0.29, 0.717) is 22.8 Å². The molecule has 2 aromatic rings. The van der Waals surface area contributed by atoms with Crippen LogP contribution in [0.25, 0.3) is 0 Å². The first kappa shape index (κ1) is 18.4. The average Bonchev–Trinajstić information content (AvgIpc) is 2.63. The van der Waals surface area contributed by atoms with Crippen LogP contribution < -0.4 is 20.3 Å². The van der Waals surface area contributed by atoms with Crippen LogP contribution in [0.3, 0.4) is 0 Å². The van der Waals surface area contributed by atoms with Crippen LogP contribution in [0, 0.1) is 6.92 Å². The van der Waals surface area contributed by atoms with Crippen LogP contribution >= 0.6 is 0 Å². The molecule has 0 saturated heterocycles. The molecular weight excluding hydrogens is 346 g/mol. The van der Waals surface area contributed by atoms with E-state index in [1.807, 2.05) is 19.1 Å². The summed E-state index contributed by atoms with van der Waals surface area (Å²) in [7, 11) is 0. The highest BCUT2D eigenvalue weighted by Crippen LogP contribution is 2.31. The third-order valence-corrected chi connectivity index (χ3v) is 4.19. The summed E-state index contributed by atoms with van der Waals surface area (Å²) in [5, 5.41) is 5.55. The van der Waals surface area contributed by atoms with Gasteiger partial charge in [-0.2, -0.15) is 0 Å². The van der Waals surface area contributed by atoms with Crippen molar-refractivity contribution in [2.45, 2.75) is 20.3 Å². The van der Waals surface area contributed by atoms with E-state index in [2.05, 4.69) is 10.6 Å². The Labute approximate surface area is 157 Å². The zero-order valence-electron chi connectivity index (χ0n) is 15.2. The van der Waals surface area contributed by atoms with Gasteiger partial charge in [0.15, 0.2) is 6.61 Å². The Morgan fingerprint density at radius 1 is 1.15 bits per heavy atom. The summed E-state index contributed by atoms with van der Waals surface area (Å²) in [6.45, 7) is 3.54. The summed E-state index contributed by atoms with van der Waals surface area (Å²) in [6, 6.07) is 12.5. The van der Waals surface area contributed by atoms with Gasteiger partial charge in [0.25, 0.3) is 5.91 Å². The summed E-state index contributed by atoms with van der Waals surface area (Å²) >= 11 is 0. The van der Waals surface area contributed by atoms with E-state index >= 15 is 0 Å². The smallest absolute Gasteiger partial charge is 0.265 e. The van der Waals surface area contributed by atoms with Crippen molar-refractivity contribution < 1.29 is 19.1 Å². The van der Waals surface area contributed by atoms with Crippen LogP contribution in [0.1, 0.15) is 18.9 Å². The molecule has 0 bridgehead atoms. The van der Waals surface area contributed by atoms with E-state index in [1.165, 1.54) is 6.92 Å². The van der Waals surface area contributed by atoms with Crippen molar-refractivity contribution in [3.63, 3.8) is 0 Å². The lowest BCUT2D eigenvalue weighted by Gasteiger charge is -2.29. The van der Waals surface area contributed by atoms with Gasteiger partial charge in [-0.05, 0) is 42.8 Å². The molecule has 0 fully saturated rings. The number of rotatable bonds is 5. The summed E-state index contributed by atoms with van der Waals surface area (Å²) in [5.74, 6) is 0.127. The molecule has 3 rings (SSSR count). The van der Waals surface area contributed by atoms with Gasteiger partial charge >= 0.3 is 0 Å². The van der Waals surface area contributed by atoms with Gasteiger partial charge in [-0.15, -0.1) is 0 Å². The van der Waals surface area contributed by atoms with Crippen molar-refractivity contribution in [3.05, 3.63) is 48.0 Å². The van der Waals surface area contributed by atoms with E-state index in [0.717, 1.165) is 5.56 Å². The molecule has 27 heavy (non-hydrogen) atoms. The first-order valence-corrected chi connectivity index (χ1v) is 8.64. The molecule has 0 radical (unpaired) electrons. The monoisotopic (exact) mass is 367 g/mol. The molecule has 2 N–H and O–H groups in total. The molecule has 0 atom stereocenters. The maximum absolute atomic E-state index is 12.3. The number of aryl methyl sites for hydroxylation is 1. The normalized spacial score (nSPS) is 12.8. The molecule has 3 amide bonds. The third kappa shape index (κ3) is 4.44. The molecule has 0 aliphatic carbocycles. The quantitative estimate of drug-likeness (QED) is 0.851. The molecular formula is C20H21N3O4. The minimum absolute atomic E-state index is 0.0254. The lowest BCUT2D eigenvalue weighted by atomic mass is 10.1. The molecule has 2 aromatic carbocycles. The maximum atomic E-state index is 12.3. The van der Waals surface area contributed by atoms with Gasteiger partial charge in [-0.25, -0.2) is 0 Å². The number of hydrogen-bond acceptors (Lipinski definition) is 4.